The Hall–Kier alpha value is -2.41. The van der Waals surface area contributed by atoms with Crippen LogP contribution in [-0.2, 0) is 6.61 Å². The molecular formula is C14H10BrNO5. The van der Waals surface area contributed by atoms with E-state index in [9.17, 15) is 14.9 Å². The predicted octanol–water partition coefficient (Wildman–Crippen LogP) is 3.63. The van der Waals surface area contributed by atoms with E-state index in [-0.39, 0.29) is 12.4 Å². The highest BCUT2D eigenvalue weighted by atomic mass is 79.9. The number of halogens is 1. The van der Waals surface area contributed by atoms with Crippen molar-refractivity contribution in [2.75, 3.05) is 0 Å². The number of nitrogens with zero attached hydrogens (tertiary/aromatic N) is 1. The van der Waals surface area contributed by atoms with Crippen LogP contribution in [0.4, 0.5) is 5.69 Å². The number of rotatable bonds is 5. The first-order valence-electron chi connectivity index (χ1n) is 5.87. The topological polar surface area (TPSA) is 89.7 Å². The average molecular weight is 352 g/mol. The Labute approximate surface area is 128 Å². The Morgan fingerprint density at radius 2 is 1.90 bits per heavy atom. The fraction of sp³-hybridized carbons (Fsp3) is 0.0714. The number of aromatic carboxylic acids is 1. The zero-order valence-electron chi connectivity index (χ0n) is 10.7. The van der Waals surface area contributed by atoms with Crippen molar-refractivity contribution in [1.82, 2.24) is 0 Å². The standard InChI is InChI=1S/C14H10BrNO5/c15-10-6-4-9(5-7-10)8-21-12-3-1-2-11(16(19)20)13(12)14(17)18/h1-7H,8H2,(H,17,18). The molecule has 0 aromatic heterocycles. The van der Waals surface area contributed by atoms with Crippen molar-refractivity contribution < 1.29 is 19.6 Å². The van der Waals surface area contributed by atoms with Crippen molar-refractivity contribution in [2.45, 2.75) is 6.61 Å². The molecular weight excluding hydrogens is 342 g/mol. The number of benzene rings is 2. The second-order valence-electron chi connectivity index (χ2n) is 4.13. The summed E-state index contributed by atoms with van der Waals surface area (Å²) in [6.07, 6.45) is 0. The van der Waals surface area contributed by atoms with E-state index >= 15 is 0 Å². The lowest BCUT2D eigenvalue weighted by Crippen LogP contribution is -2.07. The summed E-state index contributed by atoms with van der Waals surface area (Å²) in [7, 11) is 0. The zero-order valence-corrected chi connectivity index (χ0v) is 12.2. The first-order chi connectivity index (χ1) is 9.99. The van der Waals surface area contributed by atoms with Crippen LogP contribution in [0.3, 0.4) is 0 Å². The van der Waals surface area contributed by atoms with E-state index in [1.807, 2.05) is 24.3 Å². The Bertz CT molecular complexity index is 684. The number of carboxylic acids is 1. The number of nitro groups is 1. The lowest BCUT2D eigenvalue weighted by molar-refractivity contribution is -0.385. The van der Waals surface area contributed by atoms with Crippen LogP contribution in [-0.4, -0.2) is 16.0 Å². The molecule has 0 spiro atoms. The Balaban J connectivity index is 2.27. The van der Waals surface area contributed by atoms with E-state index < -0.39 is 22.1 Å². The van der Waals surface area contributed by atoms with Crippen molar-refractivity contribution in [2.24, 2.45) is 0 Å². The second kappa shape index (κ2) is 6.36. The molecule has 0 aliphatic rings. The van der Waals surface area contributed by atoms with Crippen LogP contribution in [0.5, 0.6) is 5.75 Å². The normalized spacial score (nSPS) is 10.1. The van der Waals surface area contributed by atoms with Gasteiger partial charge < -0.3 is 9.84 Å². The maximum atomic E-state index is 11.2. The molecule has 0 atom stereocenters. The van der Waals surface area contributed by atoms with Crippen molar-refractivity contribution in [3.05, 3.63) is 68.2 Å². The average Bonchev–Trinajstić information content (AvgIpc) is 2.46. The summed E-state index contributed by atoms with van der Waals surface area (Å²) in [6, 6.07) is 11.2. The molecule has 2 rings (SSSR count). The Kier molecular flexibility index (Phi) is 4.54. The monoisotopic (exact) mass is 351 g/mol. The summed E-state index contributed by atoms with van der Waals surface area (Å²) in [4.78, 5) is 21.3. The van der Waals surface area contributed by atoms with Crippen LogP contribution in [0.25, 0.3) is 0 Å². The van der Waals surface area contributed by atoms with Gasteiger partial charge in [0.25, 0.3) is 5.69 Å². The number of carboxylic acid groups (broad SMARTS) is 1. The molecule has 0 heterocycles. The number of ether oxygens (including phenoxy) is 1. The molecule has 0 saturated heterocycles. The van der Waals surface area contributed by atoms with Crippen LogP contribution >= 0.6 is 15.9 Å². The van der Waals surface area contributed by atoms with Gasteiger partial charge >= 0.3 is 5.97 Å². The smallest absolute Gasteiger partial charge is 0.346 e. The molecule has 6 nitrogen and oxygen atoms in total. The first kappa shape index (κ1) is 15.0. The van der Waals surface area contributed by atoms with Gasteiger partial charge in [0.2, 0.25) is 0 Å². The maximum Gasteiger partial charge on any atom is 0.346 e. The van der Waals surface area contributed by atoms with E-state index in [0.29, 0.717) is 0 Å². The van der Waals surface area contributed by atoms with E-state index in [2.05, 4.69) is 15.9 Å². The lowest BCUT2D eigenvalue weighted by atomic mass is 10.1. The van der Waals surface area contributed by atoms with Gasteiger partial charge in [-0.15, -0.1) is 0 Å². The molecule has 0 fully saturated rings. The minimum atomic E-state index is -1.40. The predicted molar refractivity (Wildman–Crippen MR) is 78.5 cm³/mol. The van der Waals surface area contributed by atoms with Gasteiger partial charge in [-0.2, -0.15) is 0 Å². The van der Waals surface area contributed by atoms with Crippen LogP contribution < -0.4 is 4.74 Å². The van der Waals surface area contributed by atoms with Crippen molar-refractivity contribution in [1.29, 1.82) is 0 Å². The van der Waals surface area contributed by atoms with Gasteiger partial charge in [-0.1, -0.05) is 34.1 Å². The number of carbonyl (C=O) groups is 1. The molecule has 7 heteroatoms. The third-order valence-corrected chi connectivity index (χ3v) is 3.25. The molecule has 0 bridgehead atoms. The summed E-state index contributed by atoms with van der Waals surface area (Å²) in [6.45, 7) is 0.120. The quantitative estimate of drug-likeness (QED) is 0.656. The third kappa shape index (κ3) is 3.57. The fourth-order valence-electron chi connectivity index (χ4n) is 1.75. The molecule has 1 N–H and O–H groups in total. The zero-order chi connectivity index (χ0) is 15.4. The molecule has 0 aliphatic carbocycles. The van der Waals surface area contributed by atoms with Crippen LogP contribution in [0.1, 0.15) is 15.9 Å². The summed E-state index contributed by atoms with van der Waals surface area (Å²) in [5, 5.41) is 20.0. The number of hydrogen-bond donors (Lipinski definition) is 1. The molecule has 0 amide bonds. The van der Waals surface area contributed by atoms with E-state index in [4.69, 9.17) is 9.84 Å². The van der Waals surface area contributed by atoms with Gasteiger partial charge in [-0.05, 0) is 23.8 Å². The molecule has 108 valence electrons. The highest BCUT2D eigenvalue weighted by Gasteiger charge is 2.24. The molecule has 2 aromatic rings. The Morgan fingerprint density at radius 3 is 2.48 bits per heavy atom. The lowest BCUT2D eigenvalue weighted by Gasteiger charge is -2.09. The van der Waals surface area contributed by atoms with E-state index in [1.165, 1.54) is 12.1 Å². The van der Waals surface area contributed by atoms with Crippen molar-refractivity contribution in [3.63, 3.8) is 0 Å². The minimum Gasteiger partial charge on any atom is -0.488 e. The van der Waals surface area contributed by atoms with Crippen molar-refractivity contribution >= 4 is 27.6 Å². The first-order valence-corrected chi connectivity index (χ1v) is 6.66. The van der Waals surface area contributed by atoms with Gasteiger partial charge in [0.05, 0.1) is 4.92 Å². The van der Waals surface area contributed by atoms with Gasteiger partial charge in [0.15, 0.2) is 5.56 Å². The fourth-order valence-corrected chi connectivity index (χ4v) is 2.01. The van der Waals surface area contributed by atoms with Gasteiger partial charge in [0.1, 0.15) is 12.4 Å². The highest BCUT2D eigenvalue weighted by molar-refractivity contribution is 9.10. The van der Waals surface area contributed by atoms with E-state index in [0.717, 1.165) is 16.1 Å². The maximum absolute atomic E-state index is 11.2. The summed E-state index contributed by atoms with van der Waals surface area (Å²) in [5.41, 5.74) is -0.114. The minimum absolute atomic E-state index is 0.0281. The summed E-state index contributed by atoms with van der Waals surface area (Å²) < 4.78 is 6.32. The third-order valence-electron chi connectivity index (χ3n) is 2.72. The Morgan fingerprint density at radius 1 is 1.24 bits per heavy atom. The number of hydrogen-bond acceptors (Lipinski definition) is 4. The van der Waals surface area contributed by atoms with Crippen LogP contribution in [0.2, 0.25) is 0 Å². The second-order valence-corrected chi connectivity index (χ2v) is 5.04. The summed E-state index contributed by atoms with van der Waals surface area (Å²) in [5.74, 6) is -1.42. The van der Waals surface area contributed by atoms with Gasteiger partial charge in [-0.25, -0.2) is 4.79 Å². The van der Waals surface area contributed by atoms with Gasteiger partial charge in [-0.3, -0.25) is 10.1 Å². The molecule has 21 heavy (non-hydrogen) atoms. The SMILES string of the molecule is O=C(O)c1c(OCc2ccc(Br)cc2)cccc1[N+](=O)[O-]. The van der Waals surface area contributed by atoms with Gasteiger partial charge in [0, 0.05) is 10.5 Å². The summed E-state index contributed by atoms with van der Waals surface area (Å²) >= 11 is 3.30. The van der Waals surface area contributed by atoms with Crippen LogP contribution in [0.15, 0.2) is 46.9 Å². The van der Waals surface area contributed by atoms with Crippen molar-refractivity contribution in [3.8, 4) is 5.75 Å². The molecule has 0 radical (unpaired) electrons. The van der Waals surface area contributed by atoms with Crippen LogP contribution in [0, 0.1) is 10.1 Å². The van der Waals surface area contributed by atoms with E-state index in [1.54, 1.807) is 0 Å². The molecule has 0 aliphatic heterocycles. The largest absolute Gasteiger partial charge is 0.488 e. The number of nitro benzene ring substituents is 1. The molecule has 0 saturated carbocycles. The molecule has 2 aromatic carbocycles. The molecule has 0 unspecified atom stereocenters. The highest BCUT2D eigenvalue weighted by Crippen LogP contribution is 2.29.